The molecule has 170 valence electrons. The molecule has 0 aromatic heterocycles. The Hall–Kier alpha value is -2.62. The highest BCUT2D eigenvalue weighted by molar-refractivity contribution is 7.89. The van der Waals surface area contributed by atoms with Crippen LogP contribution in [0.5, 0.6) is 5.75 Å². The van der Waals surface area contributed by atoms with Gasteiger partial charge in [-0.3, -0.25) is 9.59 Å². The molecule has 2 N–H and O–H groups in total. The minimum Gasteiger partial charge on any atom is -0.479 e. The van der Waals surface area contributed by atoms with Crippen molar-refractivity contribution in [3.63, 3.8) is 0 Å². The predicted molar refractivity (Wildman–Crippen MR) is 121 cm³/mol. The summed E-state index contributed by atoms with van der Waals surface area (Å²) < 4.78 is 33.8. The van der Waals surface area contributed by atoms with E-state index in [0.717, 1.165) is 0 Å². The lowest BCUT2D eigenvalue weighted by molar-refractivity contribution is -0.123. The third-order valence-electron chi connectivity index (χ3n) is 5.67. The topological polar surface area (TPSA) is 105 Å². The molecule has 1 fully saturated rings. The quantitative estimate of drug-likeness (QED) is 0.702. The number of hydrogen-bond donors (Lipinski definition) is 2. The molecule has 2 aromatic rings. The summed E-state index contributed by atoms with van der Waals surface area (Å²) in [5.74, 6) is -0.689. The van der Waals surface area contributed by atoms with E-state index in [1.54, 1.807) is 44.2 Å². The molecule has 8 nitrogen and oxygen atoms in total. The second kappa shape index (κ2) is 8.73. The maximum atomic E-state index is 13.4. The van der Waals surface area contributed by atoms with Crippen LogP contribution in [0.25, 0.3) is 0 Å². The van der Waals surface area contributed by atoms with E-state index in [-0.39, 0.29) is 23.3 Å². The highest BCUT2D eigenvalue weighted by Crippen LogP contribution is 2.36. The maximum Gasteiger partial charge on any atom is 0.265 e. The number of carbonyl (C=O) groups excluding carboxylic acids is 2. The lowest BCUT2D eigenvalue weighted by Gasteiger charge is -2.32. The van der Waals surface area contributed by atoms with Gasteiger partial charge in [-0.15, -0.1) is 0 Å². The first-order chi connectivity index (χ1) is 15.1. The van der Waals surface area contributed by atoms with Crippen molar-refractivity contribution >= 4 is 44.8 Å². The summed E-state index contributed by atoms with van der Waals surface area (Å²) in [5.41, 5.74) is 1.51. The molecule has 32 heavy (non-hydrogen) atoms. The van der Waals surface area contributed by atoms with Crippen LogP contribution < -0.4 is 15.4 Å². The molecule has 2 aromatic carbocycles. The number of piperidine rings is 1. The van der Waals surface area contributed by atoms with Gasteiger partial charge in [-0.2, -0.15) is 4.31 Å². The largest absolute Gasteiger partial charge is 0.479 e. The number of rotatable bonds is 4. The molecule has 2 aliphatic rings. The number of nitrogens with one attached hydrogen (secondary N) is 2. The van der Waals surface area contributed by atoms with Crippen LogP contribution in [0.3, 0.4) is 0 Å². The smallest absolute Gasteiger partial charge is 0.265 e. The Labute approximate surface area is 191 Å². The van der Waals surface area contributed by atoms with Crippen molar-refractivity contribution in [3.05, 3.63) is 47.0 Å². The van der Waals surface area contributed by atoms with Crippen molar-refractivity contribution in [1.29, 1.82) is 0 Å². The lowest BCUT2D eigenvalue weighted by atomic mass is 9.99. The van der Waals surface area contributed by atoms with Gasteiger partial charge in [0.25, 0.3) is 5.91 Å². The molecule has 1 saturated heterocycles. The first-order valence-corrected chi connectivity index (χ1v) is 12.2. The maximum absolute atomic E-state index is 13.4. The zero-order chi connectivity index (χ0) is 23.0. The SMILES string of the molecule is Cc1cc2c(cc1S(=O)(=O)N1CCC[C@@H](C(=O)Nc3cccc(Cl)c3)C1)O[C@H](C)C(=O)N2. The number of nitrogens with zero attached hydrogens (tertiary/aromatic N) is 1. The molecule has 2 atom stereocenters. The Morgan fingerprint density at radius 2 is 2.06 bits per heavy atom. The van der Waals surface area contributed by atoms with Crippen LogP contribution >= 0.6 is 11.6 Å². The lowest BCUT2D eigenvalue weighted by Crippen LogP contribution is -2.44. The first-order valence-electron chi connectivity index (χ1n) is 10.3. The van der Waals surface area contributed by atoms with E-state index >= 15 is 0 Å². The van der Waals surface area contributed by atoms with Crippen molar-refractivity contribution in [2.45, 2.75) is 37.7 Å². The van der Waals surface area contributed by atoms with E-state index in [2.05, 4.69) is 10.6 Å². The molecule has 2 heterocycles. The van der Waals surface area contributed by atoms with Gasteiger partial charge in [-0.25, -0.2) is 8.42 Å². The fraction of sp³-hybridized carbons (Fsp3) is 0.364. The Kier molecular flexibility index (Phi) is 6.15. The van der Waals surface area contributed by atoms with Crippen LogP contribution in [-0.2, 0) is 19.6 Å². The summed E-state index contributed by atoms with van der Waals surface area (Å²) in [6.07, 6.45) is 0.449. The zero-order valence-electron chi connectivity index (χ0n) is 17.7. The molecule has 0 unspecified atom stereocenters. The summed E-state index contributed by atoms with van der Waals surface area (Å²) in [6, 6.07) is 9.87. The number of halogens is 1. The van der Waals surface area contributed by atoms with Crippen molar-refractivity contribution < 1.29 is 22.7 Å². The second-order valence-electron chi connectivity index (χ2n) is 8.06. The number of anilines is 2. The van der Waals surface area contributed by atoms with E-state index in [0.29, 0.717) is 47.1 Å². The third kappa shape index (κ3) is 4.46. The van der Waals surface area contributed by atoms with Gasteiger partial charge in [0.05, 0.1) is 16.5 Å². The van der Waals surface area contributed by atoms with E-state index in [9.17, 15) is 18.0 Å². The van der Waals surface area contributed by atoms with Gasteiger partial charge in [0.15, 0.2) is 6.10 Å². The molecule has 0 saturated carbocycles. The fourth-order valence-corrected chi connectivity index (χ4v) is 5.88. The van der Waals surface area contributed by atoms with E-state index < -0.39 is 22.0 Å². The van der Waals surface area contributed by atoms with Gasteiger partial charge < -0.3 is 15.4 Å². The molecule has 0 radical (unpaired) electrons. The molecule has 4 rings (SSSR count). The van der Waals surface area contributed by atoms with Crippen LogP contribution in [0.4, 0.5) is 11.4 Å². The van der Waals surface area contributed by atoms with Crippen molar-refractivity contribution in [1.82, 2.24) is 4.31 Å². The molecule has 0 spiro atoms. The van der Waals surface area contributed by atoms with Crippen molar-refractivity contribution in [2.24, 2.45) is 5.92 Å². The molecule has 2 amide bonds. The van der Waals surface area contributed by atoms with Crippen molar-refractivity contribution in [2.75, 3.05) is 23.7 Å². The third-order valence-corrected chi connectivity index (χ3v) is 7.92. The Morgan fingerprint density at radius 3 is 2.81 bits per heavy atom. The van der Waals surface area contributed by atoms with Crippen LogP contribution in [0, 0.1) is 12.8 Å². The summed E-state index contributed by atoms with van der Waals surface area (Å²) >= 11 is 5.97. The minimum absolute atomic E-state index is 0.0826. The number of carbonyl (C=O) groups is 2. The fourth-order valence-electron chi connectivity index (χ4n) is 3.95. The Balaban J connectivity index is 1.54. The van der Waals surface area contributed by atoms with Crippen molar-refractivity contribution in [3.8, 4) is 5.75 Å². The van der Waals surface area contributed by atoms with E-state index in [1.807, 2.05) is 0 Å². The molecule has 0 aliphatic carbocycles. The second-order valence-corrected chi connectivity index (χ2v) is 10.4. The average molecular weight is 478 g/mol. The monoisotopic (exact) mass is 477 g/mol. The van der Waals surface area contributed by atoms with Gasteiger partial charge in [0.1, 0.15) is 5.75 Å². The number of fused-ring (bicyclic) bond motifs is 1. The summed E-state index contributed by atoms with van der Waals surface area (Å²) in [5, 5.41) is 6.05. The number of benzene rings is 2. The zero-order valence-corrected chi connectivity index (χ0v) is 19.3. The van der Waals surface area contributed by atoms with Gasteiger partial charge in [-0.1, -0.05) is 17.7 Å². The number of aryl methyl sites for hydroxylation is 1. The summed E-state index contributed by atoms with van der Waals surface area (Å²) in [7, 11) is -3.86. The van der Waals surface area contributed by atoms with Gasteiger partial charge in [0, 0.05) is 29.9 Å². The highest BCUT2D eigenvalue weighted by Gasteiger charge is 2.35. The van der Waals surface area contributed by atoms with Crippen LogP contribution in [0.1, 0.15) is 25.3 Å². The molecular weight excluding hydrogens is 454 g/mol. The number of amides is 2. The van der Waals surface area contributed by atoms with Gasteiger partial charge in [0.2, 0.25) is 15.9 Å². The van der Waals surface area contributed by atoms with Gasteiger partial charge >= 0.3 is 0 Å². The molecule has 10 heteroatoms. The average Bonchev–Trinajstić information content (AvgIpc) is 2.74. The number of ether oxygens (including phenoxy) is 1. The van der Waals surface area contributed by atoms with E-state index in [1.165, 1.54) is 10.4 Å². The summed E-state index contributed by atoms with van der Waals surface area (Å²) in [6.45, 7) is 3.68. The molecular formula is C22H24ClN3O5S. The van der Waals surface area contributed by atoms with Gasteiger partial charge in [-0.05, 0) is 56.5 Å². The Bertz CT molecular complexity index is 1180. The highest BCUT2D eigenvalue weighted by atomic mass is 35.5. The standard InChI is InChI=1S/C22H24ClN3O5S/c1-13-9-18-19(31-14(2)21(27)25-18)11-20(13)32(29,30)26-8-4-5-15(12-26)22(28)24-17-7-3-6-16(23)10-17/h3,6-7,9-11,14-15H,4-5,8,12H2,1-2H3,(H,24,28)(H,25,27)/t14-,15-/m1/s1. The van der Waals surface area contributed by atoms with E-state index in [4.69, 9.17) is 16.3 Å². The minimum atomic E-state index is -3.86. The molecule has 2 aliphatic heterocycles. The number of sulfonamides is 1. The van der Waals surface area contributed by atoms with Crippen LogP contribution in [-0.4, -0.2) is 43.7 Å². The molecule has 0 bridgehead atoms. The van der Waals surface area contributed by atoms with Crippen LogP contribution in [0.15, 0.2) is 41.3 Å². The number of hydrogen-bond acceptors (Lipinski definition) is 5. The van der Waals surface area contributed by atoms with Crippen LogP contribution in [0.2, 0.25) is 5.02 Å². The normalized spacial score (nSPS) is 21.3. The Morgan fingerprint density at radius 1 is 1.28 bits per heavy atom. The summed E-state index contributed by atoms with van der Waals surface area (Å²) in [4.78, 5) is 24.7. The predicted octanol–water partition coefficient (Wildman–Crippen LogP) is 3.41. The first kappa shape index (κ1) is 22.6.